The Balaban J connectivity index is 3.07. The minimum absolute atomic E-state index is 0.168. The highest BCUT2D eigenvalue weighted by molar-refractivity contribution is 6.01. The fourth-order valence-corrected chi connectivity index (χ4v) is 1.20. The van der Waals surface area contributed by atoms with E-state index >= 15 is 0 Å². The van der Waals surface area contributed by atoms with E-state index in [2.05, 4.69) is 0 Å². The zero-order valence-corrected chi connectivity index (χ0v) is 8.74. The van der Waals surface area contributed by atoms with Crippen LogP contribution in [0.2, 0.25) is 0 Å². The van der Waals surface area contributed by atoms with Gasteiger partial charge in [0, 0.05) is 11.3 Å². The van der Waals surface area contributed by atoms with Gasteiger partial charge in [-0.15, -0.1) is 0 Å². The number of ether oxygens (including phenoxy) is 1. The molecule has 4 nitrogen and oxygen atoms in total. The van der Waals surface area contributed by atoms with Crippen molar-refractivity contribution in [1.82, 2.24) is 0 Å². The van der Waals surface area contributed by atoms with Crippen molar-refractivity contribution in [3.05, 3.63) is 29.3 Å². The Morgan fingerprint density at radius 3 is 2.60 bits per heavy atom. The number of ketones is 1. The quantitative estimate of drug-likeness (QED) is 0.464. The Morgan fingerprint density at radius 2 is 2.07 bits per heavy atom. The molecule has 0 amide bonds. The average molecular weight is 207 g/mol. The van der Waals surface area contributed by atoms with Crippen LogP contribution in [0.1, 0.15) is 34.6 Å². The van der Waals surface area contributed by atoms with Gasteiger partial charge >= 0.3 is 5.97 Å². The van der Waals surface area contributed by atoms with E-state index in [1.54, 1.807) is 13.0 Å². The third-order valence-electron chi connectivity index (χ3n) is 1.94. The van der Waals surface area contributed by atoms with Gasteiger partial charge in [-0.1, -0.05) is 0 Å². The summed E-state index contributed by atoms with van der Waals surface area (Å²) in [5, 5.41) is 0. The first-order valence-electron chi connectivity index (χ1n) is 4.63. The molecule has 0 bridgehead atoms. The molecule has 0 atom stereocenters. The summed E-state index contributed by atoms with van der Waals surface area (Å²) in [4.78, 5) is 22.5. The van der Waals surface area contributed by atoms with Crippen LogP contribution in [0, 0.1) is 0 Å². The molecule has 0 aliphatic heterocycles. The van der Waals surface area contributed by atoms with E-state index in [0.29, 0.717) is 23.4 Å². The summed E-state index contributed by atoms with van der Waals surface area (Å²) in [5.74, 6) is -0.612. The molecule has 15 heavy (non-hydrogen) atoms. The minimum atomic E-state index is -0.444. The molecule has 0 saturated heterocycles. The van der Waals surface area contributed by atoms with Gasteiger partial charge in [0.25, 0.3) is 0 Å². The summed E-state index contributed by atoms with van der Waals surface area (Å²) in [6.45, 7) is 3.43. The SMILES string of the molecule is CCOC(=O)c1ccc(N)c(C(C)=O)c1. The normalized spacial score (nSPS) is 9.73. The Morgan fingerprint density at radius 1 is 1.40 bits per heavy atom. The monoisotopic (exact) mass is 207 g/mol. The third-order valence-corrected chi connectivity index (χ3v) is 1.94. The van der Waals surface area contributed by atoms with Crippen LogP contribution < -0.4 is 5.73 Å². The molecular weight excluding hydrogens is 194 g/mol. The lowest BCUT2D eigenvalue weighted by molar-refractivity contribution is 0.0526. The second-order valence-corrected chi connectivity index (χ2v) is 3.08. The first-order chi connectivity index (χ1) is 7.06. The predicted molar refractivity (Wildman–Crippen MR) is 56.8 cm³/mol. The van der Waals surface area contributed by atoms with Crippen LogP contribution in [0.15, 0.2) is 18.2 Å². The fraction of sp³-hybridized carbons (Fsp3) is 0.273. The van der Waals surface area contributed by atoms with Gasteiger partial charge in [-0.2, -0.15) is 0 Å². The fourth-order valence-electron chi connectivity index (χ4n) is 1.20. The number of Topliss-reactive ketones (excluding diaryl/α,β-unsaturated/α-hetero) is 1. The molecule has 0 unspecified atom stereocenters. The van der Waals surface area contributed by atoms with E-state index in [1.807, 2.05) is 0 Å². The van der Waals surface area contributed by atoms with Crippen molar-refractivity contribution in [3.8, 4) is 0 Å². The highest BCUT2D eigenvalue weighted by Gasteiger charge is 2.11. The number of benzene rings is 1. The highest BCUT2D eigenvalue weighted by atomic mass is 16.5. The summed E-state index contributed by atoms with van der Waals surface area (Å²) in [6, 6.07) is 4.53. The van der Waals surface area contributed by atoms with E-state index in [4.69, 9.17) is 10.5 Å². The third kappa shape index (κ3) is 2.56. The molecular formula is C11H13NO3. The smallest absolute Gasteiger partial charge is 0.338 e. The Hall–Kier alpha value is -1.84. The molecule has 80 valence electrons. The molecule has 1 rings (SSSR count). The second kappa shape index (κ2) is 4.59. The molecule has 2 N–H and O–H groups in total. The molecule has 0 aliphatic carbocycles. The van der Waals surface area contributed by atoms with E-state index in [9.17, 15) is 9.59 Å². The number of nitrogens with two attached hydrogens (primary N) is 1. The number of carbonyl (C=O) groups is 2. The van der Waals surface area contributed by atoms with Gasteiger partial charge in [0.1, 0.15) is 0 Å². The summed E-state index contributed by atoms with van der Waals surface area (Å²) in [5.41, 5.74) is 6.65. The van der Waals surface area contributed by atoms with E-state index < -0.39 is 5.97 Å². The van der Waals surface area contributed by atoms with Gasteiger partial charge in [-0.25, -0.2) is 4.79 Å². The molecule has 0 spiro atoms. The number of nitrogen functional groups attached to an aromatic ring is 1. The van der Waals surface area contributed by atoms with Crippen LogP contribution in [-0.2, 0) is 4.74 Å². The van der Waals surface area contributed by atoms with Crippen LogP contribution in [-0.4, -0.2) is 18.4 Å². The average Bonchev–Trinajstić information content (AvgIpc) is 2.18. The highest BCUT2D eigenvalue weighted by Crippen LogP contribution is 2.15. The zero-order valence-electron chi connectivity index (χ0n) is 8.74. The maximum absolute atomic E-state index is 11.4. The van der Waals surface area contributed by atoms with Gasteiger partial charge in [-0.05, 0) is 32.0 Å². The standard InChI is InChI=1S/C11H13NO3/c1-3-15-11(14)8-4-5-10(12)9(6-8)7(2)13/h4-6H,3,12H2,1-2H3. The van der Waals surface area contributed by atoms with E-state index in [0.717, 1.165) is 0 Å². The topological polar surface area (TPSA) is 69.4 Å². The van der Waals surface area contributed by atoms with E-state index in [-0.39, 0.29) is 5.78 Å². The number of carbonyl (C=O) groups excluding carboxylic acids is 2. The summed E-state index contributed by atoms with van der Waals surface area (Å²) in [6.07, 6.45) is 0. The van der Waals surface area contributed by atoms with Crippen molar-refractivity contribution in [3.63, 3.8) is 0 Å². The number of rotatable bonds is 3. The Bertz CT molecular complexity index is 399. The first-order valence-corrected chi connectivity index (χ1v) is 4.63. The molecule has 1 aromatic carbocycles. The van der Waals surface area contributed by atoms with Crippen molar-refractivity contribution in [2.45, 2.75) is 13.8 Å². The maximum Gasteiger partial charge on any atom is 0.338 e. The van der Waals surface area contributed by atoms with Crippen LogP contribution in [0.5, 0.6) is 0 Å². The molecule has 4 heteroatoms. The van der Waals surface area contributed by atoms with Crippen molar-refractivity contribution in [2.75, 3.05) is 12.3 Å². The predicted octanol–water partition coefficient (Wildman–Crippen LogP) is 1.65. The summed E-state index contributed by atoms with van der Waals surface area (Å²) in [7, 11) is 0. The second-order valence-electron chi connectivity index (χ2n) is 3.08. The van der Waals surface area contributed by atoms with Crippen molar-refractivity contribution >= 4 is 17.4 Å². The molecule has 0 saturated carbocycles. The van der Waals surface area contributed by atoms with Gasteiger partial charge in [-0.3, -0.25) is 4.79 Å². The molecule has 1 aromatic rings. The molecule has 0 fully saturated rings. The maximum atomic E-state index is 11.4. The zero-order chi connectivity index (χ0) is 11.4. The van der Waals surface area contributed by atoms with Crippen LogP contribution in [0.3, 0.4) is 0 Å². The number of hydrogen-bond donors (Lipinski definition) is 1. The van der Waals surface area contributed by atoms with Crippen molar-refractivity contribution in [2.24, 2.45) is 0 Å². The largest absolute Gasteiger partial charge is 0.462 e. The minimum Gasteiger partial charge on any atom is -0.462 e. The lowest BCUT2D eigenvalue weighted by atomic mass is 10.1. The number of anilines is 1. The summed E-state index contributed by atoms with van der Waals surface area (Å²) >= 11 is 0. The first kappa shape index (κ1) is 11.2. The van der Waals surface area contributed by atoms with Gasteiger partial charge in [0.15, 0.2) is 5.78 Å². The molecule has 0 heterocycles. The molecule has 0 aromatic heterocycles. The van der Waals surface area contributed by atoms with Crippen LogP contribution >= 0.6 is 0 Å². The Labute approximate surface area is 88.0 Å². The van der Waals surface area contributed by atoms with Crippen molar-refractivity contribution < 1.29 is 14.3 Å². The summed E-state index contributed by atoms with van der Waals surface area (Å²) < 4.78 is 4.81. The van der Waals surface area contributed by atoms with Gasteiger partial charge < -0.3 is 10.5 Å². The molecule has 0 aliphatic rings. The lowest BCUT2D eigenvalue weighted by Gasteiger charge is -2.05. The number of hydrogen-bond acceptors (Lipinski definition) is 4. The Kier molecular flexibility index (Phi) is 3.44. The van der Waals surface area contributed by atoms with Gasteiger partial charge in [0.2, 0.25) is 0 Å². The van der Waals surface area contributed by atoms with E-state index in [1.165, 1.54) is 19.1 Å². The van der Waals surface area contributed by atoms with Gasteiger partial charge in [0.05, 0.1) is 12.2 Å². The van der Waals surface area contributed by atoms with Crippen LogP contribution in [0.4, 0.5) is 5.69 Å². The van der Waals surface area contributed by atoms with Crippen molar-refractivity contribution in [1.29, 1.82) is 0 Å². The van der Waals surface area contributed by atoms with Crippen LogP contribution in [0.25, 0.3) is 0 Å². The lowest BCUT2D eigenvalue weighted by Crippen LogP contribution is -2.07. The number of esters is 1. The molecule has 0 radical (unpaired) electrons.